The van der Waals surface area contributed by atoms with E-state index < -0.39 is 0 Å². The maximum Gasteiger partial charge on any atom is 0.173 e. The quantitative estimate of drug-likeness (QED) is 0.371. The summed E-state index contributed by atoms with van der Waals surface area (Å²) in [6.45, 7) is 0. The fourth-order valence-corrected chi connectivity index (χ4v) is 2.18. The number of benzene rings is 1. The Balaban J connectivity index is 2.28. The molecule has 1 aliphatic rings. The second kappa shape index (κ2) is 5.62. The minimum absolute atomic E-state index is 0.0469. The van der Waals surface area contributed by atoms with Crippen molar-refractivity contribution in [3.8, 4) is 11.5 Å². The van der Waals surface area contributed by atoms with Crippen LogP contribution in [0.2, 0.25) is 0 Å². The van der Waals surface area contributed by atoms with Crippen LogP contribution in [-0.4, -0.2) is 24.3 Å². The molecule has 1 aromatic carbocycles. The summed E-state index contributed by atoms with van der Waals surface area (Å²) in [6, 6.07) is 5.26. The number of ether oxygens (including phenoxy) is 2. The van der Waals surface area contributed by atoms with Crippen LogP contribution in [-0.2, 0) is 0 Å². The van der Waals surface area contributed by atoms with Crippen molar-refractivity contribution < 1.29 is 14.7 Å². The van der Waals surface area contributed by atoms with E-state index >= 15 is 0 Å². The molecular weight excluding hydrogens is 232 g/mol. The molecule has 1 aliphatic carbocycles. The van der Waals surface area contributed by atoms with Crippen molar-refractivity contribution >= 4 is 5.84 Å². The summed E-state index contributed by atoms with van der Waals surface area (Å²) >= 11 is 0. The lowest BCUT2D eigenvalue weighted by Crippen LogP contribution is -2.18. The zero-order valence-electron chi connectivity index (χ0n) is 10.4. The van der Waals surface area contributed by atoms with E-state index in [-0.39, 0.29) is 11.9 Å². The first-order chi connectivity index (χ1) is 8.74. The molecule has 0 aromatic heterocycles. The zero-order valence-corrected chi connectivity index (χ0v) is 10.4. The third-order valence-corrected chi connectivity index (χ3v) is 3.17. The van der Waals surface area contributed by atoms with Gasteiger partial charge in [0.25, 0.3) is 0 Å². The van der Waals surface area contributed by atoms with Crippen LogP contribution in [0.3, 0.4) is 0 Å². The summed E-state index contributed by atoms with van der Waals surface area (Å²) in [5.74, 6) is 1.35. The number of amidine groups is 1. The van der Waals surface area contributed by atoms with Gasteiger partial charge in [-0.3, -0.25) is 0 Å². The molecule has 1 saturated carbocycles. The van der Waals surface area contributed by atoms with E-state index in [0.717, 1.165) is 12.8 Å². The molecule has 0 amide bonds. The molecule has 0 saturated heterocycles. The van der Waals surface area contributed by atoms with Gasteiger partial charge in [0, 0.05) is 6.07 Å². The van der Waals surface area contributed by atoms with Gasteiger partial charge in [0.05, 0.1) is 18.8 Å². The average molecular weight is 250 g/mol. The van der Waals surface area contributed by atoms with Gasteiger partial charge in [0.15, 0.2) is 5.84 Å². The molecule has 98 valence electrons. The van der Waals surface area contributed by atoms with Crippen LogP contribution in [0.1, 0.15) is 31.2 Å². The Morgan fingerprint density at radius 2 is 2.11 bits per heavy atom. The van der Waals surface area contributed by atoms with Crippen molar-refractivity contribution in [2.24, 2.45) is 10.9 Å². The number of rotatable bonds is 4. The number of nitrogens with two attached hydrogens (primary N) is 1. The van der Waals surface area contributed by atoms with Gasteiger partial charge in [-0.15, -0.1) is 0 Å². The highest BCUT2D eigenvalue weighted by atomic mass is 16.5. The Labute approximate surface area is 106 Å². The third kappa shape index (κ3) is 2.67. The summed E-state index contributed by atoms with van der Waals surface area (Å²) in [7, 11) is 1.60. The number of hydrogen-bond donors (Lipinski definition) is 2. The first-order valence-electron chi connectivity index (χ1n) is 6.07. The zero-order chi connectivity index (χ0) is 13.0. The molecule has 2 rings (SSSR count). The van der Waals surface area contributed by atoms with Crippen LogP contribution in [0.4, 0.5) is 0 Å². The minimum Gasteiger partial charge on any atom is -0.497 e. The SMILES string of the molecule is COc1ccc(/C(N)=N/O)c(OC2CCCC2)c1. The Morgan fingerprint density at radius 1 is 1.39 bits per heavy atom. The average Bonchev–Trinajstić information content (AvgIpc) is 2.90. The van der Waals surface area contributed by atoms with E-state index in [1.54, 1.807) is 25.3 Å². The van der Waals surface area contributed by atoms with E-state index in [4.69, 9.17) is 20.4 Å². The second-order valence-corrected chi connectivity index (χ2v) is 4.37. The number of methoxy groups -OCH3 is 1. The summed E-state index contributed by atoms with van der Waals surface area (Å²) in [5.41, 5.74) is 6.23. The van der Waals surface area contributed by atoms with E-state index in [1.807, 2.05) is 0 Å². The molecule has 0 unspecified atom stereocenters. The van der Waals surface area contributed by atoms with Crippen LogP contribution in [0.25, 0.3) is 0 Å². The fourth-order valence-electron chi connectivity index (χ4n) is 2.18. The molecule has 0 aliphatic heterocycles. The van der Waals surface area contributed by atoms with Crippen LogP contribution < -0.4 is 15.2 Å². The van der Waals surface area contributed by atoms with Gasteiger partial charge in [-0.1, -0.05) is 5.16 Å². The predicted octanol–water partition coefficient (Wildman–Crippen LogP) is 2.11. The molecule has 5 heteroatoms. The monoisotopic (exact) mass is 250 g/mol. The second-order valence-electron chi connectivity index (χ2n) is 4.37. The van der Waals surface area contributed by atoms with Crippen LogP contribution in [0.5, 0.6) is 11.5 Å². The van der Waals surface area contributed by atoms with Crippen LogP contribution >= 0.6 is 0 Å². The molecular formula is C13H18N2O3. The molecule has 5 nitrogen and oxygen atoms in total. The first-order valence-corrected chi connectivity index (χ1v) is 6.07. The normalized spacial score (nSPS) is 16.8. The predicted molar refractivity (Wildman–Crippen MR) is 68.4 cm³/mol. The fraction of sp³-hybridized carbons (Fsp3) is 0.462. The van der Waals surface area contributed by atoms with Gasteiger partial charge in [0.1, 0.15) is 11.5 Å². The summed E-state index contributed by atoms with van der Waals surface area (Å²) in [4.78, 5) is 0. The smallest absolute Gasteiger partial charge is 0.173 e. The van der Waals surface area contributed by atoms with Gasteiger partial charge in [-0.25, -0.2) is 0 Å². The lowest BCUT2D eigenvalue weighted by atomic mass is 10.1. The molecule has 18 heavy (non-hydrogen) atoms. The topological polar surface area (TPSA) is 77.1 Å². The van der Waals surface area contributed by atoms with Crippen LogP contribution in [0, 0.1) is 0 Å². The van der Waals surface area contributed by atoms with E-state index in [9.17, 15) is 0 Å². The van der Waals surface area contributed by atoms with E-state index in [2.05, 4.69) is 5.16 Å². The van der Waals surface area contributed by atoms with Crippen LogP contribution in [0.15, 0.2) is 23.4 Å². The number of oxime groups is 1. The van der Waals surface area contributed by atoms with Gasteiger partial charge in [-0.05, 0) is 37.8 Å². The van der Waals surface area contributed by atoms with E-state index in [1.165, 1.54) is 12.8 Å². The number of hydrogen-bond acceptors (Lipinski definition) is 4. The summed E-state index contributed by atoms with van der Waals surface area (Å²) < 4.78 is 11.1. The van der Waals surface area contributed by atoms with Crippen molar-refractivity contribution in [2.75, 3.05) is 7.11 Å². The molecule has 1 aromatic rings. The van der Waals surface area contributed by atoms with Crippen molar-refractivity contribution in [3.05, 3.63) is 23.8 Å². The summed E-state index contributed by atoms with van der Waals surface area (Å²) in [5, 5.41) is 11.8. The molecule has 3 N–H and O–H groups in total. The lowest BCUT2D eigenvalue weighted by molar-refractivity contribution is 0.208. The Morgan fingerprint density at radius 3 is 2.72 bits per heavy atom. The minimum atomic E-state index is 0.0469. The molecule has 1 fully saturated rings. The Bertz CT molecular complexity index is 440. The molecule has 0 radical (unpaired) electrons. The van der Waals surface area contributed by atoms with Gasteiger partial charge in [0.2, 0.25) is 0 Å². The van der Waals surface area contributed by atoms with Crippen molar-refractivity contribution in [1.29, 1.82) is 0 Å². The Hall–Kier alpha value is -1.91. The first kappa shape index (κ1) is 12.5. The standard InChI is InChI=1S/C13H18N2O3/c1-17-10-6-7-11(13(14)15-16)12(8-10)18-9-4-2-3-5-9/h6-9,16H,2-5H2,1H3,(H2,14,15). The third-order valence-electron chi connectivity index (χ3n) is 3.17. The molecule has 0 bridgehead atoms. The van der Waals surface area contributed by atoms with E-state index in [0.29, 0.717) is 17.1 Å². The van der Waals surface area contributed by atoms with Crippen molar-refractivity contribution in [1.82, 2.24) is 0 Å². The highest BCUT2D eigenvalue weighted by Crippen LogP contribution is 2.29. The lowest BCUT2D eigenvalue weighted by Gasteiger charge is -2.16. The maximum atomic E-state index is 8.78. The molecule has 0 atom stereocenters. The van der Waals surface area contributed by atoms with Crippen molar-refractivity contribution in [3.63, 3.8) is 0 Å². The van der Waals surface area contributed by atoms with Gasteiger partial charge >= 0.3 is 0 Å². The van der Waals surface area contributed by atoms with Gasteiger partial charge in [-0.2, -0.15) is 0 Å². The Kier molecular flexibility index (Phi) is 3.92. The highest BCUT2D eigenvalue weighted by Gasteiger charge is 2.19. The summed E-state index contributed by atoms with van der Waals surface area (Å²) in [6.07, 6.45) is 4.68. The molecule has 0 spiro atoms. The van der Waals surface area contributed by atoms with Crippen molar-refractivity contribution in [2.45, 2.75) is 31.8 Å². The molecule has 0 heterocycles. The highest BCUT2D eigenvalue weighted by molar-refractivity contribution is 5.99. The maximum absolute atomic E-state index is 8.78. The number of nitrogens with zero attached hydrogens (tertiary/aromatic N) is 1. The largest absolute Gasteiger partial charge is 0.497 e. The van der Waals surface area contributed by atoms with Gasteiger partial charge < -0.3 is 20.4 Å².